The van der Waals surface area contributed by atoms with E-state index in [4.69, 9.17) is 5.11 Å². The summed E-state index contributed by atoms with van der Waals surface area (Å²) in [5, 5.41) is 11.8. The summed E-state index contributed by atoms with van der Waals surface area (Å²) in [5.41, 5.74) is 0.585. The summed E-state index contributed by atoms with van der Waals surface area (Å²) in [6, 6.07) is 3.64. The van der Waals surface area contributed by atoms with Crippen molar-refractivity contribution in [3.05, 3.63) is 26.6 Å². The quantitative estimate of drug-likeness (QED) is 0.808. The van der Waals surface area contributed by atoms with Crippen LogP contribution in [0, 0.1) is 5.92 Å². The molecule has 0 saturated heterocycles. The number of rotatable bonds is 1. The number of aliphatic carboxylic acids is 1. The molecule has 1 fully saturated rings. The van der Waals surface area contributed by atoms with Crippen LogP contribution in [0.1, 0.15) is 12.0 Å². The zero-order chi connectivity index (χ0) is 12.4. The summed E-state index contributed by atoms with van der Waals surface area (Å²) in [6.07, 6.45) is 0.371. The highest BCUT2D eigenvalue weighted by molar-refractivity contribution is 9.11. The third-order valence-corrected chi connectivity index (χ3v) is 4.77. The highest BCUT2D eigenvalue weighted by Gasteiger charge is 2.69. The average Bonchev–Trinajstić information content (AvgIpc) is 2.92. The van der Waals surface area contributed by atoms with Crippen molar-refractivity contribution in [2.45, 2.75) is 11.8 Å². The fourth-order valence-electron chi connectivity index (χ4n) is 2.54. The molecule has 3 rings (SSSR count). The van der Waals surface area contributed by atoms with Crippen LogP contribution < -0.4 is 5.32 Å². The summed E-state index contributed by atoms with van der Waals surface area (Å²) in [4.78, 5) is 23.1. The lowest BCUT2D eigenvalue weighted by molar-refractivity contribution is -0.140. The van der Waals surface area contributed by atoms with E-state index in [1.807, 2.05) is 12.1 Å². The zero-order valence-electron chi connectivity index (χ0n) is 8.46. The first-order chi connectivity index (χ1) is 7.98. The molecular formula is C11H7Br2NO3. The van der Waals surface area contributed by atoms with Crippen molar-refractivity contribution < 1.29 is 14.7 Å². The van der Waals surface area contributed by atoms with Crippen molar-refractivity contribution in [1.29, 1.82) is 0 Å². The van der Waals surface area contributed by atoms with Crippen LogP contribution in [0.4, 0.5) is 5.69 Å². The van der Waals surface area contributed by atoms with Crippen molar-refractivity contribution >= 4 is 49.4 Å². The molecular weight excluding hydrogens is 354 g/mol. The molecule has 1 saturated carbocycles. The lowest BCUT2D eigenvalue weighted by Crippen LogP contribution is -2.24. The molecule has 0 radical (unpaired) electrons. The summed E-state index contributed by atoms with van der Waals surface area (Å²) in [6.45, 7) is 0. The summed E-state index contributed by atoms with van der Waals surface area (Å²) in [7, 11) is 0. The lowest BCUT2D eigenvalue weighted by atomic mass is 9.95. The van der Waals surface area contributed by atoms with Gasteiger partial charge in [-0.2, -0.15) is 0 Å². The van der Waals surface area contributed by atoms with Crippen molar-refractivity contribution in [2.75, 3.05) is 5.32 Å². The van der Waals surface area contributed by atoms with Crippen LogP contribution >= 0.6 is 31.9 Å². The maximum absolute atomic E-state index is 12.0. The minimum atomic E-state index is -0.917. The monoisotopic (exact) mass is 359 g/mol. The van der Waals surface area contributed by atoms with Gasteiger partial charge in [-0.25, -0.2) is 0 Å². The van der Waals surface area contributed by atoms with Crippen LogP contribution in [-0.2, 0) is 15.0 Å². The van der Waals surface area contributed by atoms with Crippen LogP contribution in [0.5, 0.6) is 0 Å². The van der Waals surface area contributed by atoms with Gasteiger partial charge in [0.1, 0.15) is 0 Å². The number of benzene rings is 1. The molecule has 2 unspecified atom stereocenters. The Hall–Kier alpha value is -0.880. The Kier molecular flexibility index (Phi) is 2.19. The van der Waals surface area contributed by atoms with Gasteiger partial charge in [0, 0.05) is 14.5 Å². The Labute approximate surface area is 114 Å². The molecule has 17 heavy (non-hydrogen) atoms. The topological polar surface area (TPSA) is 66.4 Å². The highest BCUT2D eigenvalue weighted by Crippen LogP contribution is 2.62. The number of nitrogens with one attached hydrogen (secondary N) is 1. The van der Waals surface area contributed by atoms with Crippen molar-refractivity contribution in [2.24, 2.45) is 5.92 Å². The fourth-order valence-corrected chi connectivity index (χ4v) is 3.65. The zero-order valence-corrected chi connectivity index (χ0v) is 11.6. The summed E-state index contributed by atoms with van der Waals surface area (Å²) >= 11 is 6.76. The largest absolute Gasteiger partial charge is 0.481 e. The normalized spacial score (nSPS) is 29.1. The molecule has 1 aliphatic heterocycles. The van der Waals surface area contributed by atoms with Gasteiger partial charge in [0.2, 0.25) is 5.91 Å². The van der Waals surface area contributed by atoms with Gasteiger partial charge in [-0.05, 0) is 34.5 Å². The van der Waals surface area contributed by atoms with Gasteiger partial charge in [0.05, 0.1) is 17.0 Å². The summed E-state index contributed by atoms with van der Waals surface area (Å²) < 4.78 is 1.55. The second kappa shape index (κ2) is 3.32. The SMILES string of the molecule is O=C(O)C1CC12C(=O)Nc1c(Br)ccc(Br)c12. The number of amides is 1. The van der Waals surface area contributed by atoms with E-state index in [0.717, 1.165) is 14.5 Å². The van der Waals surface area contributed by atoms with Gasteiger partial charge in [0.15, 0.2) is 0 Å². The number of carbonyl (C=O) groups is 2. The maximum atomic E-state index is 12.0. The molecule has 1 spiro atoms. The molecule has 88 valence electrons. The summed E-state index contributed by atoms with van der Waals surface area (Å²) in [5.74, 6) is -1.75. The Balaban J connectivity index is 2.22. The lowest BCUT2D eigenvalue weighted by Gasteiger charge is -2.09. The first kappa shape index (κ1) is 11.2. The molecule has 1 aromatic rings. The number of halogens is 2. The predicted octanol–water partition coefficient (Wildman–Crippen LogP) is 2.51. The van der Waals surface area contributed by atoms with E-state index in [1.165, 1.54) is 0 Å². The maximum Gasteiger partial charge on any atom is 0.307 e. The van der Waals surface area contributed by atoms with E-state index >= 15 is 0 Å². The standard InChI is InChI=1S/C11H7Br2NO3/c12-5-1-2-6(13)8-7(5)11(10(17)14-8)3-4(11)9(15)16/h1-2,4H,3H2,(H,14,17)(H,15,16). The first-order valence-corrected chi connectivity index (χ1v) is 6.60. The molecule has 2 aliphatic rings. The Morgan fingerprint density at radius 3 is 2.65 bits per heavy atom. The fraction of sp³-hybridized carbons (Fsp3) is 0.273. The number of carbonyl (C=O) groups excluding carboxylic acids is 1. The molecule has 2 atom stereocenters. The highest BCUT2D eigenvalue weighted by atomic mass is 79.9. The number of carboxylic acids is 1. The van der Waals surface area contributed by atoms with Crippen LogP contribution in [0.3, 0.4) is 0 Å². The van der Waals surface area contributed by atoms with Gasteiger partial charge in [-0.15, -0.1) is 0 Å². The van der Waals surface area contributed by atoms with E-state index in [1.54, 1.807) is 0 Å². The Morgan fingerprint density at radius 1 is 1.41 bits per heavy atom. The van der Waals surface area contributed by atoms with E-state index in [-0.39, 0.29) is 5.91 Å². The molecule has 1 aromatic carbocycles. The molecule has 1 aliphatic carbocycles. The minimum Gasteiger partial charge on any atom is -0.481 e. The second-order valence-electron chi connectivity index (χ2n) is 4.30. The van der Waals surface area contributed by atoms with Crippen LogP contribution in [0.25, 0.3) is 0 Å². The molecule has 4 nitrogen and oxygen atoms in total. The molecule has 0 aromatic heterocycles. The van der Waals surface area contributed by atoms with Crippen molar-refractivity contribution in [3.8, 4) is 0 Å². The van der Waals surface area contributed by atoms with E-state index in [2.05, 4.69) is 37.2 Å². The van der Waals surface area contributed by atoms with E-state index < -0.39 is 17.3 Å². The minimum absolute atomic E-state index is 0.215. The van der Waals surface area contributed by atoms with Gasteiger partial charge in [-0.3, -0.25) is 9.59 Å². The van der Waals surface area contributed by atoms with Crippen LogP contribution in [0.2, 0.25) is 0 Å². The molecule has 1 amide bonds. The number of fused-ring (bicyclic) bond motifs is 2. The van der Waals surface area contributed by atoms with E-state index in [0.29, 0.717) is 12.1 Å². The van der Waals surface area contributed by atoms with Crippen molar-refractivity contribution in [3.63, 3.8) is 0 Å². The smallest absolute Gasteiger partial charge is 0.307 e. The third kappa shape index (κ3) is 1.28. The van der Waals surface area contributed by atoms with Crippen molar-refractivity contribution in [1.82, 2.24) is 0 Å². The predicted molar refractivity (Wildman–Crippen MR) is 67.9 cm³/mol. The number of hydrogen-bond donors (Lipinski definition) is 2. The number of hydrogen-bond acceptors (Lipinski definition) is 2. The molecule has 6 heteroatoms. The Bertz CT molecular complexity index is 572. The first-order valence-electron chi connectivity index (χ1n) is 5.01. The average molecular weight is 361 g/mol. The molecule has 2 N–H and O–H groups in total. The molecule has 1 heterocycles. The molecule has 0 bridgehead atoms. The van der Waals surface area contributed by atoms with Gasteiger partial charge in [-0.1, -0.05) is 15.9 Å². The van der Waals surface area contributed by atoms with Crippen LogP contribution in [0.15, 0.2) is 21.1 Å². The Morgan fingerprint density at radius 2 is 2.06 bits per heavy atom. The van der Waals surface area contributed by atoms with Gasteiger partial charge < -0.3 is 10.4 Å². The number of anilines is 1. The van der Waals surface area contributed by atoms with Crippen LogP contribution in [-0.4, -0.2) is 17.0 Å². The number of carboxylic acid groups (broad SMARTS) is 1. The van der Waals surface area contributed by atoms with Gasteiger partial charge in [0.25, 0.3) is 0 Å². The van der Waals surface area contributed by atoms with E-state index in [9.17, 15) is 9.59 Å². The second-order valence-corrected chi connectivity index (χ2v) is 6.01. The van der Waals surface area contributed by atoms with Gasteiger partial charge >= 0.3 is 5.97 Å². The third-order valence-electron chi connectivity index (χ3n) is 3.45.